The van der Waals surface area contributed by atoms with Crippen LogP contribution in [0.3, 0.4) is 0 Å². The summed E-state index contributed by atoms with van der Waals surface area (Å²) in [4.78, 5) is 23.2. The summed E-state index contributed by atoms with van der Waals surface area (Å²) in [5.74, 6) is -0.906. The number of nitrogens with one attached hydrogen (secondary N) is 2. The Kier molecular flexibility index (Phi) is 6.66. The molecule has 20 heavy (non-hydrogen) atoms. The Morgan fingerprint density at radius 1 is 1.15 bits per heavy atom. The second-order valence-corrected chi connectivity index (χ2v) is 4.43. The zero-order chi connectivity index (χ0) is 15.0. The Morgan fingerprint density at radius 2 is 1.80 bits per heavy atom. The van der Waals surface area contributed by atoms with Gasteiger partial charge in [0.15, 0.2) is 0 Å². The zero-order valence-electron chi connectivity index (χ0n) is 11.5. The summed E-state index contributed by atoms with van der Waals surface area (Å²) >= 11 is 0. The van der Waals surface area contributed by atoms with Gasteiger partial charge >= 0.3 is 0 Å². The Morgan fingerprint density at radius 3 is 2.45 bits per heavy atom. The molecule has 0 spiro atoms. The molecule has 6 heteroatoms. The normalized spacial score (nSPS) is 10.2. The second kappa shape index (κ2) is 8.27. The van der Waals surface area contributed by atoms with Gasteiger partial charge in [-0.2, -0.15) is 0 Å². The molecular weight excluding hydrogens is 261 g/mol. The van der Waals surface area contributed by atoms with Gasteiger partial charge in [0.25, 0.3) is 0 Å². The number of benzene rings is 1. The van der Waals surface area contributed by atoms with Crippen LogP contribution < -0.4 is 16.4 Å². The van der Waals surface area contributed by atoms with Gasteiger partial charge in [0.2, 0.25) is 11.8 Å². The van der Waals surface area contributed by atoms with Gasteiger partial charge in [0.1, 0.15) is 5.82 Å². The molecule has 110 valence electrons. The molecule has 0 aliphatic rings. The average Bonchev–Trinajstić information content (AvgIpc) is 2.40. The number of hydrogen-bond donors (Lipinski definition) is 3. The van der Waals surface area contributed by atoms with Crippen molar-refractivity contribution in [2.75, 3.05) is 17.2 Å². The van der Waals surface area contributed by atoms with Gasteiger partial charge in [-0.3, -0.25) is 9.59 Å². The first kappa shape index (κ1) is 16.1. The second-order valence-electron chi connectivity index (χ2n) is 4.43. The number of carbonyl (C=O) groups is 2. The standard InChI is InChI=1S/C14H20FN3O2/c1-2-4-13(19)17-11-7-6-10(15)9-12(11)18-14(20)5-3-8-16/h6-7,9H,2-5,8,16H2,1H3,(H,17,19)(H,18,20). The Balaban J connectivity index is 2.79. The van der Waals surface area contributed by atoms with Crippen LogP contribution in [0.15, 0.2) is 18.2 Å². The predicted octanol–water partition coefficient (Wildman–Crippen LogP) is 2.24. The van der Waals surface area contributed by atoms with Crippen molar-refractivity contribution in [3.63, 3.8) is 0 Å². The van der Waals surface area contributed by atoms with Crippen LogP contribution in [-0.2, 0) is 9.59 Å². The number of carbonyl (C=O) groups excluding carboxylic acids is 2. The van der Waals surface area contributed by atoms with Crippen molar-refractivity contribution in [3.05, 3.63) is 24.0 Å². The highest BCUT2D eigenvalue weighted by atomic mass is 19.1. The van der Waals surface area contributed by atoms with Crippen molar-refractivity contribution >= 4 is 23.2 Å². The van der Waals surface area contributed by atoms with Crippen LogP contribution in [0.25, 0.3) is 0 Å². The van der Waals surface area contributed by atoms with Crippen LogP contribution in [0.5, 0.6) is 0 Å². The van der Waals surface area contributed by atoms with Crippen LogP contribution in [0.1, 0.15) is 32.6 Å². The Hall–Kier alpha value is -1.95. The van der Waals surface area contributed by atoms with E-state index in [4.69, 9.17) is 5.73 Å². The minimum Gasteiger partial charge on any atom is -0.330 e. The zero-order valence-corrected chi connectivity index (χ0v) is 11.5. The lowest BCUT2D eigenvalue weighted by atomic mass is 10.2. The van der Waals surface area contributed by atoms with Crippen LogP contribution in [0.2, 0.25) is 0 Å². The molecule has 0 aromatic heterocycles. The average molecular weight is 281 g/mol. The largest absolute Gasteiger partial charge is 0.330 e. The predicted molar refractivity (Wildman–Crippen MR) is 76.9 cm³/mol. The number of anilines is 2. The number of amides is 2. The molecule has 0 atom stereocenters. The summed E-state index contributed by atoms with van der Waals surface area (Å²) in [6.07, 6.45) is 1.90. The summed E-state index contributed by atoms with van der Waals surface area (Å²) in [5.41, 5.74) is 5.98. The fraction of sp³-hybridized carbons (Fsp3) is 0.429. The van der Waals surface area contributed by atoms with Gasteiger partial charge in [0.05, 0.1) is 11.4 Å². The van der Waals surface area contributed by atoms with E-state index >= 15 is 0 Å². The maximum atomic E-state index is 13.3. The molecule has 0 bridgehead atoms. The molecule has 1 aromatic rings. The van der Waals surface area contributed by atoms with Crippen molar-refractivity contribution in [3.8, 4) is 0 Å². The molecule has 0 aliphatic heterocycles. The summed E-state index contributed by atoms with van der Waals surface area (Å²) < 4.78 is 13.3. The van der Waals surface area contributed by atoms with Gasteiger partial charge in [-0.05, 0) is 37.6 Å². The first-order chi connectivity index (χ1) is 9.56. The number of hydrogen-bond acceptors (Lipinski definition) is 3. The van der Waals surface area contributed by atoms with Crippen LogP contribution in [0, 0.1) is 5.82 Å². The summed E-state index contributed by atoms with van der Waals surface area (Å²) in [6.45, 7) is 2.30. The van der Waals surface area contributed by atoms with E-state index in [1.165, 1.54) is 18.2 Å². The van der Waals surface area contributed by atoms with Crippen molar-refractivity contribution in [2.24, 2.45) is 5.73 Å². The maximum Gasteiger partial charge on any atom is 0.224 e. The molecule has 0 aliphatic carbocycles. The fourth-order valence-corrected chi connectivity index (χ4v) is 1.64. The first-order valence-corrected chi connectivity index (χ1v) is 6.66. The van der Waals surface area contributed by atoms with E-state index in [0.29, 0.717) is 31.5 Å². The number of halogens is 1. The van der Waals surface area contributed by atoms with E-state index < -0.39 is 5.82 Å². The van der Waals surface area contributed by atoms with Gasteiger partial charge < -0.3 is 16.4 Å². The van der Waals surface area contributed by atoms with Crippen LogP contribution >= 0.6 is 0 Å². The van der Waals surface area contributed by atoms with E-state index in [0.717, 1.165) is 0 Å². The minimum atomic E-state index is -0.479. The van der Waals surface area contributed by atoms with E-state index in [-0.39, 0.29) is 23.9 Å². The topological polar surface area (TPSA) is 84.2 Å². The molecule has 1 rings (SSSR count). The monoisotopic (exact) mass is 281 g/mol. The molecule has 1 aromatic carbocycles. The molecule has 0 saturated heterocycles. The lowest BCUT2D eigenvalue weighted by Crippen LogP contribution is -2.17. The number of rotatable bonds is 7. The highest BCUT2D eigenvalue weighted by Crippen LogP contribution is 2.23. The molecule has 4 N–H and O–H groups in total. The van der Waals surface area contributed by atoms with Gasteiger partial charge in [-0.1, -0.05) is 6.92 Å². The van der Waals surface area contributed by atoms with Gasteiger partial charge in [-0.25, -0.2) is 4.39 Å². The molecule has 0 unspecified atom stereocenters. The highest BCUT2D eigenvalue weighted by Gasteiger charge is 2.10. The van der Waals surface area contributed by atoms with Gasteiger partial charge in [-0.15, -0.1) is 0 Å². The van der Waals surface area contributed by atoms with E-state index in [1.54, 1.807) is 0 Å². The molecule has 0 saturated carbocycles. The van der Waals surface area contributed by atoms with Crippen LogP contribution in [-0.4, -0.2) is 18.4 Å². The summed E-state index contributed by atoms with van der Waals surface area (Å²) in [6, 6.07) is 3.85. The Labute approximate surface area is 117 Å². The Bertz CT molecular complexity index is 477. The molecule has 5 nitrogen and oxygen atoms in total. The smallest absolute Gasteiger partial charge is 0.224 e. The SMILES string of the molecule is CCCC(=O)Nc1ccc(F)cc1NC(=O)CCCN. The van der Waals surface area contributed by atoms with Gasteiger partial charge in [0, 0.05) is 12.8 Å². The molecular formula is C14H20FN3O2. The third-order valence-electron chi connectivity index (χ3n) is 2.61. The quantitative estimate of drug-likeness (QED) is 0.716. The van der Waals surface area contributed by atoms with E-state index in [9.17, 15) is 14.0 Å². The molecule has 0 fully saturated rings. The first-order valence-electron chi connectivity index (χ1n) is 6.66. The van der Waals surface area contributed by atoms with Crippen molar-refractivity contribution < 1.29 is 14.0 Å². The van der Waals surface area contributed by atoms with E-state index in [1.807, 2.05) is 6.92 Å². The maximum absolute atomic E-state index is 13.3. The highest BCUT2D eigenvalue weighted by molar-refractivity contribution is 5.99. The summed E-state index contributed by atoms with van der Waals surface area (Å²) in [5, 5.41) is 5.24. The third kappa shape index (κ3) is 5.36. The van der Waals surface area contributed by atoms with Crippen molar-refractivity contribution in [1.29, 1.82) is 0 Å². The van der Waals surface area contributed by atoms with Crippen LogP contribution in [0.4, 0.5) is 15.8 Å². The fourth-order valence-electron chi connectivity index (χ4n) is 1.64. The van der Waals surface area contributed by atoms with E-state index in [2.05, 4.69) is 10.6 Å². The summed E-state index contributed by atoms with van der Waals surface area (Å²) in [7, 11) is 0. The lowest BCUT2D eigenvalue weighted by molar-refractivity contribution is -0.117. The number of nitrogens with two attached hydrogens (primary N) is 1. The minimum absolute atomic E-state index is 0.170. The molecule has 0 heterocycles. The van der Waals surface area contributed by atoms with Crippen molar-refractivity contribution in [2.45, 2.75) is 32.6 Å². The lowest BCUT2D eigenvalue weighted by Gasteiger charge is -2.12. The molecule has 0 radical (unpaired) electrons. The third-order valence-corrected chi connectivity index (χ3v) is 2.61. The van der Waals surface area contributed by atoms with Crippen molar-refractivity contribution in [1.82, 2.24) is 0 Å². The molecule has 2 amide bonds.